The standard InChI is InChI=1S/C12H14N2O2/c1-8-4-2-3-5-9(8)14-12(16)10-6-7-11(15)13-10/h2-5,10H,6-7H2,1H3,(H,13,15)(H,14,16)/t10-/m0/s1. The van der Waals surface area contributed by atoms with Gasteiger partial charge in [0.2, 0.25) is 11.8 Å². The largest absolute Gasteiger partial charge is 0.344 e. The number of rotatable bonds is 2. The van der Waals surface area contributed by atoms with Crippen molar-refractivity contribution in [3.63, 3.8) is 0 Å². The molecule has 0 aliphatic carbocycles. The van der Waals surface area contributed by atoms with Crippen LogP contribution in [0.15, 0.2) is 24.3 Å². The minimum absolute atomic E-state index is 0.0510. The molecule has 1 atom stereocenters. The van der Waals surface area contributed by atoms with Crippen LogP contribution in [0.1, 0.15) is 18.4 Å². The highest BCUT2D eigenvalue weighted by Crippen LogP contribution is 2.15. The van der Waals surface area contributed by atoms with Crippen LogP contribution in [0, 0.1) is 6.92 Å². The van der Waals surface area contributed by atoms with E-state index in [0.717, 1.165) is 11.3 Å². The van der Waals surface area contributed by atoms with E-state index in [1.807, 2.05) is 31.2 Å². The van der Waals surface area contributed by atoms with Crippen molar-refractivity contribution in [2.45, 2.75) is 25.8 Å². The maximum absolute atomic E-state index is 11.8. The van der Waals surface area contributed by atoms with E-state index in [-0.39, 0.29) is 17.9 Å². The van der Waals surface area contributed by atoms with Gasteiger partial charge in [-0.05, 0) is 25.0 Å². The van der Waals surface area contributed by atoms with E-state index in [1.165, 1.54) is 0 Å². The average molecular weight is 218 g/mol. The van der Waals surface area contributed by atoms with E-state index in [2.05, 4.69) is 10.6 Å². The van der Waals surface area contributed by atoms with Gasteiger partial charge in [-0.1, -0.05) is 18.2 Å². The summed E-state index contributed by atoms with van der Waals surface area (Å²) in [6.45, 7) is 1.93. The van der Waals surface area contributed by atoms with Gasteiger partial charge in [0.15, 0.2) is 0 Å². The number of hydrogen-bond acceptors (Lipinski definition) is 2. The zero-order chi connectivity index (χ0) is 11.5. The van der Waals surface area contributed by atoms with Gasteiger partial charge in [-0.3, -0.25) is 9.59 Å². The zero-order valence-electron chi connectivity index (χ0n) is 9.12. The topological polar surface area (TPSA) is 58.2 Å². The molecular weight excluding hydrogens is 204 g/mol. The summed E-state index contributed by atoms with van der Waals surface area (Å²) in [5.41, 5.74) is 1.81. The van der Waals surface area contributed by atoms with Crippen LogP contribution in [-0.2, 0) is 9.59 Å². The molecule has 0 unspecified atom stereocenters. The van der Waals surface area contributed by atoms with Crippen LogP contribution in [0.5, 0.6) is 0 Å². The lowest BCUT2D eigenvalue weighted by Gasteiger charge is -2.12. The van der Waals surface area contributed by atoms with Gasteiger partial charge in [-0.2, -0.15) is 0 Å². The summed E-state index contributed by atoms with van der Waals surface area (Å²) >= 11 is 0. The van der Waals surface area contributed by atoms with Crippen LogP contribution >= 0.6 is 0 Å². The molecule has 1 fully saturated rings. The fourth-order valence-corrected chi connectivity index (χ4v) is 1.74. The number of anilines is 1. The molecule has 16 heavy (non-hydrogen) atoms. The van der Waals surface area contributed by atoms with E-state index < -0.39 is 0 Å². The molecule has 1 heterocycles. The van der Waals surface area contributed by atoms with Crippen molar-refractivity contribution in [1.82, 2.24) is 5.32 Å². The first-order valence-corrected chi connectivity index (χ1v) is 5.32. The SMILES string of the molecule is Cc1ccccc1NC(=O)[C@@H]1CCC(=O)N1. The lowest BCUT2D eigenvalue weighted by molar-refractivity contribution is -0.122. The Morgan fingerprint density at radius 3 is 2.81 bits per heavy atom. The molecule has 0 spiro atoms. The molecular formula is C12H14N2O2. The predicted molar refractivity (Wildman–Crippen MR) is 61.0 cm³/mol. The molecule has 2 N–H and O–H groups in total. The highest BCUT2D eigenvalue weighted by atomic mass is 16.2. The predicted octanol–water partition coefficient (Wildman–Crippen LogP) is 1.21. The van der Waals surface area contributed by atoms with Crippen LogP contribution in [0.4, 0.5) is 5.69 Å². The number of nitrogens with one attached hydrogen (secondary N) is 2. The Labute approximate surface area is 94.0 Å². The Morgan fingerprint density at radius 2 is 2.19 bits per heavy atom. The van der Waals surface area contributed by atoms with Crippen molar-refractivity contribution >= 4 is 17.5 Å². The van der Waals surface area contributed by atoms with Gasteiger partial charge in [0.05, 0.1) is 0 Å². The molecule has 4 nitrogen and oxygen atoms in total. The van der Waals surface area contributed by atoms with Gasteiger partial charge in [-0.25, -0.2) is 0 Å². The molecule has 2 amide bonds. The van der Waals surface area contributed by atoms with E-state index >= 15 is 0 Å². The van der Waals surface area contributed by atoms with E-state index in [1.54, 1.807) is 0 Å². The number of carbonyl (C=O) groups excluding carboxylic acids is 2. The maximum Gasteiger partial charge on any atom is 0.246 e. The summed E-state index contributed by atoms with van der Waals surface area (Å²) in [7, 11) is 0. The molecule has 4 heteroatoms. The Bertz CT molecular complexity index is 429. The highest BCUT2D eigenvalue weighted by Gasteiger charge is 2.27. The first-order chi connectivity index (χ1) is 7.66. The number of hydrogen-bond donors (Lipinski definition) is 2. The van der Waals surface area contributed by atoms with E-state index in [9.17, 15) is 9.59 Å². The molecule has 1 saturated heterocycles. The summed E-state index contributed by atoms with van der Waals surface area (Å²) in [5, 5.41) is 5.46. The minimum Gasteiger partial charge on any atom is -0.344 e. The average Bonchev–Trinajstić information content (AvgIpc) is 2.68. The second kappa shape index (κ2) is 4.35. The van der Waals surface area contributed by atoms with E-state index in [4.69, 9.17) is 0 Å². The minimum atomic E-state index is -0.382. The lowest BCUT2D eigenvalue weighted by Crippen LogP contribution is -2.37. The Kier molecular flexibility index (Phi) is 2.90. The molecule has 1 aliphatic rings. The Morgan fingerprint density at radius 1 is 1.44 bits per heavy atom. The monoisotopic (exact) mass is 218 g/mol. The third-order valence-corrected chi connectivity index (χ3v) is 2.71. The van der Waals surface area contributed by atoms with Crippen LogP contribution < -0.4 is 10.6 Å². The van der Waals surface area contributed by atoms with Crippen LogP contribution in [-0.4, -0.2) is 17.9 Å². The maximum atomic E-state index is 11.8. The molecule has 0 aromatic heterocycles. The normalized spacial score (nSPS) is 19.3. The van der Waals surface area contributed by atoms with Gasteiger partial charge in [-0.15, -0.1) is 0 Å². The quantitative estimate of drug-likeness (QED) is 0.784. The summed E-state index contributed by atoms with van der Waals surface area (Å²) in [4.78, 5) is 22.8. The van der Waals surface area contributed by atoms with Gasteiger partial charge in [0.25, 0.3) is 0 Å². The van der Waals surface area contributed by atoms with Gasteiger partial charge < -0.3 is 10.6 Å². The first kappa shape index (κ1) is 10.7. The van der Waals surface area contributed by atoms with Crippen LogP contribution in [0.2, 0.25) is 0 Å². The Balaban J connectivity index is 2.03. The number of aryl methyl sites for hydroxylation is 1. The van der Waals surface area contributed by atoms with Crippen molar-refractivity contribution in [3.05, 3.63) is 29.8 Å². The summed E-state index contributed by atoms with van der Waals surface area (Å²) in [6.07, 6.45) is 1.02. The van der Waals surface area contributed by atoms with Crippen LogP contribution in [0.3, 0.4) is 0 Å². The molecule has 2 rings (SSSR count). The van der Waals surface area contributed by atoms with Crippen molar-refractivity contribution in [1.29, 1.82) is 0 Å². The van der Waals surface area contributed by atoms with Crippen LogP contribution in [0.25, 0.3) is 0 Å². The Hall–Kier alpha value is -1.84. The smallest absolute Gasteiger partial charge is 0.246 e. The summed E-state index contributed by atoms with van der Waals surface area (Å²) in [6, 6.07) is 7.19. The third kappa shape index (κ3) is 2.21. The number of carbonyl (C=O) groups is 2. The second-order valence-electron chi connectivity index (χ2n) is 3.96. The molecule has 1 aliphatic heterocycles. The van der Waals surface area contributed by atoms with Crippen molar-refractivity contribution in [2.75, 3.05) is 5.32 Å². The number of amides is 2. The fourth-order valence-electron chi connectivity index (χ4n) is 1.74. The van der Waals surface area contributed by atoms with Gasteiger partial charge >= 0.3 is 0 Å². The van der Waals surface area contributed by atoms with Gasteiger partial charge in [0.1, 0.15) is 6.04 Å². The second-order valence-corrected chi connectivity index (χ2v) is 3.96. The first-order valence-electron chi connectivity index (χ1n) is 5.32. The fraction of sp³-hybridized carbons (Fsp3) is 0.333. The molecule has 1 aromatic rings. The van der Waals surface area contributed by atoms with Crippen molar-refractivity contribution < 1.29 is 9.59 Å². The molecule has 0 bridgehead atoms. The third-order valence-electron chi connectivity index (χ3n) is 2.71. The lowest BCUT2D eigenvalue weighted by atomic mass is 10.1. The molecule has 84 valence electrons. The number of para-hydroxylation sites is 1. The van der Waals surface area contributed by atoms with Crippen molar-refractivity contribution in [3.8, 4) is 0 Å². The van der Waals surface area contributed by atoms with Gasteiger partial charge in [0, 0.05) is 12.1 Å². The zero-order valence-corrected chi connectivity index (χ0v) is 9.12. The molecule has 0 radical (unpaired) electrons. The van der Waals surface area contributed by atoms with E-state index in [0.29, 0.717) is 12.8 Å². The van der Waals surface area contributed by atoms with Crippen molar-refractivity contribution in [2.24, 2.45) is 0 Å². The number of benzene rings is 1. The summed E-state index contributed by atoms with van der Waals surface area (Å²) < 4.78 is 0. The molecule has 1 aromatic carbocycles. The molecule has 0 saturated carbocycles. The summed E-state index contributed by atoms with van der Waals surface area (Å²) in [5.74, 6) is -0.190. The highest BCUT2D eigenvalue weighted by molar-refractivity contribution is 5.99.